The second kappa shape index (κ2) is 4.96. The van der Waals surface area contributed by atoms with Crippen LogP contribution in [0.25, 0.3) is 11.1 Å². The number of hydrogen-bond acceptors (Lipinski definition) is 1. The lowest BCUT2D eigenvalue weighted by molar-refractivity contribution is -0.136. The smallest absolute Gasteiger partial charge is 0.307 e. The van der Waals surface area contributed by atoms with E-state index in [9.17, 15) is 13.6 Å². The van der Waals surface area contributed by atoms with Crippen LogP contribution in [0.4, 0.5) is 8.78 Å². The van der Waals surface area contributed by atoms with Crippen LogP contribution in [-0.4, -0.2) is 11.1 Å². The minimum Gasteiger partial charge on any atom is -0.481 e. The Morgan fingerprint density at radius 3 is 2.33 bits per heavy atom. The first-order chi connectivity index (χ1) is 8.58. The zero-order valence-corrected chi connectivity index (χ0v) is 9.36. The third-order valence-electron chi connectivity index (χ3n) is 2.57. The lowest BCUT2D eigenvalue weighted by atomic mass is 9.97. The third kappa shape index (κ3) is 2.53. The Balaban J connectivity index is 2.54. The standard InChI is InChI=1S/C14H10F2O2/c15-11-6-4-9(5-7-11)14-10(8-13(17)18)2-1-3-12(14)16/h1-7H,8H2,(H,17,18). The highest BCUT2D eigenvalue weighted by Gasteiger charge is 2.13. The van der Waals surface area contributed by atoms with Crippen molar-refractivity contribution >= 4 is 5.97 Å². The van der Waals surface area contributed by atoms with E-state index in [0.717, 1.165) is 0 Å². The fourth-order valence-electron chi connectivity index (χ4n) is 1.82. The van der Waals surface area contributed by atoms with Crippen LogP contribution in [0.1, 0.15) is 5.56 Å². The van der Waals surface area contributed by atoms with Crippen LogP contribution in [0.3, 0.4) is 0 Å². The third-order valence-corrected chi connectivity index (χ3v) is 2.57. The van der Waals surface area contributed by atoms with E-state index in [1.165, 1.54) is 36.4 Å². The summed E-state index contributed by atoms with van der Waals surface area (Å²) in [5.41, 5.74) is 1.04. The van der Waals surface area contributed by atoms with Crippen molar-refractivity contribution in [2.45, 2.75) is 6.42 Å². The summed E-state index contributed by atoms with van der Waals surface area (Å²) in [6.07, 6.45) is -0.273. The molecule has 2 nitrogen and oxygen atoms in total. The molecule has 0 aliphatic heterocycles. The number of rotatable bonds is 3. The lowest BCUT2D eigenvalue weighted by Crippen LogP contribution is -2.03. The van der Waals surface area contributed by atoms with Crippen molar-refractivity contribution in [2.24, 2.45) is 0 Å². The Kier molecular flexibility index (Phi) is 3.37. The zero-order valence-electron chi connectivity index (χ0n) is 9.36. The molecule has 0 atom stereocenters. The van der Waals surface area contributed by atoms with Gasteiger partial charge in [0.15, 0.2) is 0 Å². The van der Waals surface area contributed by atoms with Crippen LogP contribution in [0.2, 0.25) is 0 Å². The average molecular weight is 248 g/mol. The maximum Gasteiger partial charge on any atom is 0.307 e. The van der Waals surface area contributed by atoms with Crippen LogP contribution < -0.4 is 0 Å². The van der Waals surface area contributed by atoms with E-state index < -0.39 is 17.6 Å². The molecule has 0 aliphatic rings. The maximum atomic E-state index is 13.8. The van der Waals surface area contributed by atoms with Gasteiger partial charge in [-0.05, 0) is 29.3 Å². The molecule has 2 rings (SSSR count). The Hall–Kier alpha value is -2.23. The normalized spacial score (nSPS) is 10.3. The molecule has 0 saturated heterocycles. The molecular formula is C14H10F2O2. The molecule has 0 fully saturated rings. The van der Waals surface area contributed by atoms with Gasteiger partial charge < -0.3 is 5.11 Å². The summed E-state index contributed by atoms with van der Waals surface area (Å²) in [4.78, 5) is 10.7. The van der Waals surface area contributed by atoms with Crippen molar-refractivity contribution in [2.75, 3.05) is 0 Å². The maximum absolute atomic E-state index is 13.8. The van der Waals surface area contributed by atoms with Crippen LogP contribution in [-0.2, 0) is 11.2 Å². The van der Waals surface area contributed by atoms with E-state index in [2.05, 4.69) is 0 Å². The van der Waals surface area contributed by atoms with E-state index in [0.29, 0.717) is 11.1 Å². The largest absolute Gasteiger partial charge is 0.481 e. The Bertz CT molecular complexity index is 577. The second-order valence-corrected chi connectivity index (χ2v) is 3.85. The molecule has 92 valence electrons. The van der Waals surface area contributed by atoms with E-state index in [1.807, 2.05) is 0 Å². The lowest BCUT2D eigenvalue weighted by Gasteiger charge is -2.09. The number of hydrogen-bond donors (Lipinski definition) is 1. The van der Waals surface area contributed by atoms with Gasteiger partial charge >= 0.3 is 5.97 Å². The van der Waals surface area contributed by atoms with Gasteiger partial charge in [0.2, 0.25) is 0 Å². The van der Waals surface area contributed by atoms with Crippen molar-refractivity contribution in [3.8, 4) is 11.1 Å². The molecule has 2 aromatic rings. The molecule has 0 bridgehead atoms. The van der Waals surface area contributed by atoms with Crippen molar-refractivity contribution in [1.29, 1.82) is 0 Å². The van der Waals surface area contributed by atoms with Crippen LogP contribution in [0.5, 0.6) is 0 Å². The first-order valence-corrected chi connectivity index (χ1v) is 5.33. The van der Waals surface area contributed by atoms with Gasteiger partial charge in [-0.15, -0.1) is 0 Å². The van der Waals surface area contributed by atoms with E-state index in [1.54, 1.807) is 6.07 Å². The highest BCUT2D eigenvalue weighted by atomic mass is 19.1. The Morgan fingerprint density at radius 2 is 1.72 bits per heavy atom. The summed E-state index contributed by atoms with van der Waals surface area (Å²) in [5.74, 6) is -1.97. The van der Waals surface area contributed by atoms with E-state index in [4.69, 9.17) is 5.11 Å². The number of benzene rings is 2. The summed E-state index contributed by atoms with van der Waals surface area (Å²) < 4.78 is 26.6. The molecule has 0 heterocycles. The predicted octanol–water partition coefficient (Wildman–Crippen LogP) is 3.26. The molecule has 0 aliphatic carbocycles. The van der Waals surface area contributed by atoms with Gasteiger partial charge in [-0.1, -0.05) is 24.3 Å². The summed E-state index contributed by atoms with van der Waals surface area (Å²) in [6.45, 7) is 0. The minimum absolute atomic E-state index is 0.208. The molecule has 0 amide bonds. The monoisotopic (exact) mass is 248 g/mol. The number of aliphatic carboxylic acids is 1. The van der Waals surface area contributed by atoms with Crippen LogP contribution >= 0.6 is 0 Å². The second-order valence-electron chi connectivity index (χ2n) is 3.85. The molecular weight excluding hydrogens is 238 g/mol. The van der Waals surface area contributed by atoms with E-state index >= 15 is 0 Å². The number of halogens is 2. The molecule has 0 radical (unpaired) electrons. The topological polar surface area (TPSA) is 37.3 Å². The van der Waals surface area contributed by atoms with Gasteiger partial charge in [-0.3, -0.25) is 4.79 Å². The zero-order chi connectivity index (χ0) is 13.1. The van der Waals surface area contributed by atoms with Crippen molar-refractivity contribution in [1.82, 2.24) is 0 Å². The predicted molar refractivity (Wildman–Crippen MR) is 63.1 cm³/mol. The molecule has 0 spiro atoms. The molecule has 0 saturated carbocycles. The first-order valence-electron chi connectivity index (χ1n) is 5.33. The quantitative estimate of drug-likeness (QED) is 0.905. The van der Waals surface area contributed by atoms with Gasteiger partial charge in [0.1, 0.15) is 11.6 Å². The molecule has 0 aromatic heterocycles. The molecule has 2 aromatic carbocycles. The SMILES string of the molecule is O=C(O)Cc1cccc(F)c1-c1ccc(F)cc1. The fourth-order valence-corrected chi connectivity index (χ4v) is 1.82. The van der Waals surface area contributed by atoms with Crippen LogP contribution in [0, 0.1) is 11.6 Å². The number of carboxylic acid groups (broad SMARTS) is 1. The Labute approximate surface area is 103 Å². The molecule has 0 unspecified atom stereocenters. The van der Waals surface area contributed by atoms with E-state index in [-0.39, 0.29) is 12.0 Å². The average Bonchev–Trinajstić information content (AvgIpc) is 2.30. The number of carboxylic acids is 1. The Morgan fingerprint density at radius 1 is 1.06 bits per heavy atom. The fraction of sp³-hybridized carbons (Fsp3) is 0.0714. The van der Waals surface area contributed by atoms with Gasteiger partial charge in [0.25, 0.3) is 0 Å². The summed E-state index contributed by atoms with van der Waals surface area (Å²) in [7, 11) is 0. The number of carbonyl (C=O) groups is 1. The van der Waals surface area contributed by atoms with Crippen molar-refractivity contribution < 1.29 is 18.7 Å². The summed E-state index contributed by atoms with van der Waals surface area (Å²) >= 11 is 0. The van der Waals surface area contributed by atoms with Gasteiger partial charge in [-0.2, -0.15) is 0 Å². The van der Waals surface area contributed by atoms with Gasteiger partial charge in [0.05, 0.1) is 6.42 Å². The highest BCUT2D eigenvalue weighted by Crippen LogP contribution is 2.27. The van der Waals surface area contributed by atoms with Crippen molar-refractivity contribution in [3.63, 3.8) is 0 Å². The molecule has 1 N–H and O–H groups in total. The summed E-state index contributed by atoms with van der Waals surface area (Å²) in [6, 6.07) is 9.55. The summed E-state index contributed by atoms with van der Waals surface area (Å²) in [5, 5.41) is 8.79. The van der Waals surface area contributed by atoms with Crippen molar-refractivity contribution in [3.05, 3.63) is 59.7 Å². The van der Waals surface area contributed by atoms with Gasteiger partial charge in [0, 0.05) is 5.56 Å². The van der Waals surface area contributed by atoms with Gasteiger partial charge in [-0.25, -0.2) is 8.78 Å². The minimum atomic E-state index is -1.04. The molecule has 18 heavy (non-hydrogen) atoms. The molecule has 4 heteroatoms. The highest BCUT2D eigenvalue weighted by molar-refractivity contribution is 5.76. The van der Waals surface area contributed by atoms with Crippen LogP contribution in [0.15, 0.2) is 42.5 Å². The first kappa shape index (κ1) is 12.2.